The summed E-state index contributed by atoms with van der Waals surface area (Å²) in [6.07, 6.45) is 1.59. The molecular weight excluding hydrogens is 394 g/mol. The van der Waals surface area contributed by atoms with Crippen LogP contribution in [0, 0.1) is 5.92 Å². The fourth-order valence-electron chi connectivity index (χ4n) is 3.59. The van der Waals surface area contributed by atoms with Crippen LogP contribution in [0.3, 0.4) is 0 Å². The molecule has 9 heteroatoms. The molecule has 30 heavy (non-hydrogen) atoms. The Labute approximate surface area is 178 Å². The maximum atomic E-state index is 12.3. The van der Waals surface area contributed by atoms with Crippen molar-refractivity contribution in [3.63, 3.8) is 0 Å². The summed E-state index contributed by atoms with van der Waals surface area (Å²) < 4.78 is 26.6. The number of nitrogens with zero attached hydrogens (tertiary/aromatic N) is 1. The van der Waals surface area contributed by atoms with Crippen LogP contribution in [0.1, 0.15) is 66.2 Å². The molecule has 0 bridgehead atoms. The minimum absolute atomic E-state index is 0.111. The van der Waals surface area contributed by atoms with Crippen molar-refractivity contribution >= 4 is 18.1 Å². The third kappa shape index (κ3) is 7.75. The van der Waals surface area contributed by atoms with Crippen LogP contribution in [-0.2, 0) is 33.3 Å². The summed E-state index contributed by atoms with van der Waals surface area (Å²) in [7, 11) is 1.39. The van der Waals surface area contributed by atoms with Gasteiger partial charge in [-0.3, -0.25) is 4.79 Å². The number of hydrogen-bond donors (Lipinski definition) is 0. The quantitative estimate of drug-likeness (QED) is 0.343. The molecule has 1 aliphatic carbocycles. The second-order valence-corrected chi connectivity index (χ2v) is 8.84. The van der Waals surface area contributed by atoms with Gasteiger partial charge in [-0.1, -0.05) is 0 Å². The summed E-state index contributed by atoms with van der Waals surface area (Å²) in [5, 5.41) is 0. The number of carbonyl (C=O) groups is 3. The zero-order valence-electron chi connectivity index (χ0n) is 18.7. The molecule has 2 fully saturated rings. The van der Waals surface area contributed by atoms with Crippen LogP contribution < -0.4 is 0 Å². The average molecular weight is 430 g/mol. The lowest BCUT2D eigenvalue weighted by Gasteiger charge is -2.33. The van der Waals surface area contributed by atoms with E-state index >= 15 is 0 Å². The van der Waals surface area contributed by atoms with Gasteiger partial charge in [0.2, 0.25) is 0 Å². The fraction of sp³-hybridized carbons (Fsp3) is 0.857. The van der Waals surface area contributed by atoms with Crippen LogP contribution in [0.4, 0.5) is 4.79 Å². The molecule has 0 aromatic rings. The molecule has 172 valence electrons. The number of ether oxygens (including phenoxy) is 5. The predicted octanol–water partition coefficient (Wildman–Crippen LogP) is 3.00. The zero-order valence-corrected chi connectivity index (χ0v) is 18.7. The van der Waals surface area contributed by atoms with Gasteiger partial charge in [-0.15, -0.1) is 0 Å². The van der Waals surface area contributed by atoms with E-state index in [2.05, 4.69) is 0 Å². The number of likely N-dealkylation sites (tertiary alicyclic amines) is 1. The molecule has 0 radical (unpaired) electrons. The average Bonchev–Trinajstić information content (AvgIpc) is 3.20. The van der Waals surface area contributed by atoms with Gasteiger partial charge in [0.05, 0.1) is 19.1 Å². The lowest BCUT2D eigenvalue weighted by molar-refractivity contribution is -0.228. The van der Waals surface area contributed by atoms with Crippen LogP contribution in [0.25, 0.3) is 0 Å². The minimum atomic E-state index is -1.09. The first kappa shape index (κ1) is 24.4. The number of methoxy groups -OCH3 is 1. The van der Waals surface area contributed by atoms with Gasteiger partial charge < -0.3 is 23.7 Å². The van der Waals surface area contributed by atoms with Crippen LogP contribution in [0.15, 0.2) is 0 Å². The first-order valence-corrected chi connectivity index (χ1v) is 10.7. The van der Waals surface area contributed by atoms with E-state index < -0.39 is 30.2 Å². The molecular formula is C21H35NO8. The Morgan fingerprint density at radius 2 is 1.57 bits per heavy atom. The zero-order chi connectivity index (χ0) is 22.3. The third-order valence-electron chi connectivity index (χ3n) is 5.17. The van der Waals surface area contributed by atoms with Crippen molar-refractivity contribution in [2.24, 2.45) is 5.92 Å². The highest BCUT2D eigenvalue weighted by Gasteiger charge is 2.34. The molecule has 1 heterocycles. The van der Waals surface area contributed by atoms with E-state index in [1.807, 2.05) is 4.90 Å². The molecule has 0 aromatic heterocycles. The fourth-order valence-corrected chi connectivity index (χ4v) is 3.59. The van der Waals surface area contributed by atoms with Gasteiger partial charge in [-0.25, -0.2) is 14.5 Å². The van der Waals surface area contributed by atoms with E-state index in [0.29, 0.717) is 25.7 Å². The molecule has 2 rings (SSSR count). The molecule has 1 saturated carbocycles. The first-order valence-electron chi connectivity index (χ1n) is 10.7. The molecule has 1 aliphatic heterocycles. The summed E-state index contributed by atoms with van der Waals surface area (Å²) in [6.45, 7) is 8.15. The molecule has 2 atom stereocenters. The Kier molecular flexibility index (Phi) is 8.91. The van der Waals surface area contributed by atoms with Crippen LogP contribution in [0.5, 0.6) is 0 Å². The second-order valence-electron chi connectivity index (χ2n) is 8.84. The summed E-state index contributed by atoms with van der Waals surface area (Å²) in [4.78, 5) is 38.0. The van der Waals surface area contributed by atoms with Crippen molar-refractivity contribution in [1.29, 1.82) is 0 Å². The monoisotopic (exact) mass is 429 g/mol. The van der Waals surface area contributed by atoms with Gasteiger partial charge >= 0.3 is 18.1 Å². The normalized spacial score (nSPS) is 24.6. The number of hydrogen-bond acceptors (Lipinski definition) is 9. The number of carbonyl (C=O) groups excluding carboxylic acids is 3. The second kappa shape index (κ2) is 10.9. The van der Waals surface area contributed by atoms with Crippen molar-refractivity contribution in [3.8, 4) is 0 Å². The Hall–Kier alpha value is -1.87. The molecule has 9 nitrogen and oxygen atoms in total. The van der Waals surface area contributed by atoms with Crippen LogP contribution >= 0.6 is 0 Å². The van der Waals surface area contributed by atoms with E-state index in [-0.39, 0.29) is 18.0 Å². The number of rotatable bonds is 7. The molecule has 0 N–H and O–H groups in total. The Balaban J connectivity index is 1.88. The molecule has 2 aliphatic rings. The maximum Gasteiger partial charge on any atom is 0.512 e. The topological polar surface area (TPSA) is 101 Å². The lowest BCUT2D eigenvalue weighted by Crippen LogP contribution is -2.43. The predicted molar refractivity (Wildman–Crippen MR) is 106 cm³/mol. The lowest BCUT2D eigenvalue weighted by atomic mass is 9.87. The molecule has 0 spiro atoms. The first-order chi connectivity index (χ1) is 14.1. The van der Waals surface area contributed by atoms with E-state index in [1.165, 1.54) is 14.0 Å². The minimum Gasteiger partial charge on any atom is -0.469 e. The Bertz CT molecular complexity index is 588. The van der Waals surface area contributed by atoms with Crippen molar-refractivity contribution in [2.45, 2.75) is 90.4 Å². The summed E-state index contributed by atoms with van der Waals surface area (Å²) in [5.74, 6) is -0.944. The van der Waals surface area contributed by atoms with Gasteiger partial charge in [0.15, 0.2) is 6.10 Å². The largest absolute Gasteiger partial charge is 0.512 e. The highest BCUT2D eigenvalue weighted by molar-refractivity contribution is 5.77. The van der Waals surface area contributed by atoms with Gasteiger partial charge in [-0.05, 0) is 66.2 Å². The van der Waals surface area contributed by atoms with Gasteiger partial charge in [0.25, 0.3) is 6.41 Å². The van der Waals surface area contributed by atoms with Crippen molar-refractivity contribution in [3.05, 3.63) is 0 Å². The van der Waals surface area contributed by atoms with Crippen molar-refractivity contribution in [1.82, 2.24) is 4.90 Å². The van der Waals surface area contributed by atoms with Crippen molar-refractivity contribution in [2.75, 3.05) is 20.2 Å². The van der Waals surface area contributed by atoms with Crippen LogP contribution in [-0.4, -0.2) is 67.4 Å². The molecule has 0 amide bonds. The Morgan fingerprint density at radius 1 is 0.967 bits per heavy atom. The third-order valence-corrected chi connectivity index (χ3v) is 5.17. The SMILES string of the molecule is COC(=O)C1CCC(OC(OC(=O)OC(C)C(=O)OC(C)(C)C)N2CCCC2)CC1. The smallest absolute Gasteiger partial charge is 0.469 e. The molecule has 2 unspecified atom stereocenters. The summed E-state index contributed by atoms with van der Waals surface area (Å²) in [6, 6.07) is 0. The standard InChI is InChI=1S/C21H35NO8/c1-14(17(23)30-21(2,3)4)27-20(25)29-19(22-12-6-7-13-22)28-16-10-8-15(9-11-16)18(24)26-5/h14-16,19H,6-13H2,1-5H3. The van der Waals surface area contributed by atoms with E-state index in [4.69, 9.17) is 23.7 Å². The summed E-state index contributed by atoms with van der Waals surface area (Å²) >= 11 is 0. The van der Waals surface area contributed by atoms with E-state index in [0.717, 1.165) is 25.9 Å². The maximum absolute atomic E-state index is 12.3. The molecule has 1 saturated heterocycles. The van der Waals surface area contributed by atoms with E-state index in [9.17, 15) is 14.4 Å². The van der Waals surface area contributed by atoms with Crippen LogP contribution in [0.2, 0.25) is 0 Å². The Morgan fingerprint density at radius 3 is 2.10 bits per heavy atom. The highest BCUT2D eigenvalue weighted by atomic mass is 16.8. The van der Waals surface area contributed by atoms with Crippen molar-refractivity contribution < 1.29 is 38.1 Å². The van der Waals surface area contributed by atoms with E-state index in [1.54, 1.807) is 20.8 Å². The number of esters is 2. The van der Waals surface area contributed by atoms with Gasteiger partial charge in [-0.2, -0.15) is 0 Å². The van der Waals surface area contributed by atoms with Gasteiger partial charge in [0, 0.05) is 13.1 Å². The van der Waals surface area contributed by atoms with Gasteiger partial charge in [0.1, 0.15) is 5.60 Å². The highest BCUT2D eigenvalue weighted by Crippen LogP contribution is 2.29. The molecule has 0 aromatic carbocycles. The summed E-state index contributed by atoms with van der Waals surface area (Å²) in [5.41, 5.74) is -0.678.